The van der Waals surface area contributed by atoms with Gasteiger partial charge in [-0.25, -0.2) is 0 Å². The molecule has 1 fully saturated rings. The van der Waals surface area contributed by atoms with E-state index in [4.69, 9.17) is 14.2 Å². The number of benzene rings is 1. The topological polar surface area (TPSA) is 94.6 Å². The zero-order valence-corrected chi connectivity index (χ0v) is 14.2. The Kier molecular flexibility index (Phi) is 4.83. The second kappa shape index (κ2) is 7.57. The largest absolute Gasteiger partial charge is 0.486 e. The Bertz CT molecular complexity index is 775. The molecule has 8 nitrogen and oxygen atoms in total. The first-order chi connectivity index (χ1) is 12.8. The Morgan fingerprint density at radius 1 is 1.08 bits per heavy atom. The number of ether oxygens (including phenoxy) is 3. The first-order valence-electron chi connectivity index (χ1n) is 8.68. The molecule has 2 aliphatic heterocycles. The number of hydrogen-bond acceptors (Lipinski definition) is 7. The van der Waals surface area contributed by atoms with Crippen LogP contribution in [0.25, 0.3) is 0 Å². The fourth-order valence-electron chi connectivity index (χ4n) is 2.89. The van der Waals surface area contributed by atoms with Gasteiger partial charge in [0.1, 0.15) is 19.0 Å². The Hall–Kier alpha value is -2.87. The second-order valence-corrected chi connectivity index (χ2v) is 6.13. The molecule has 3 heterocycles. The van der Waals surface area contributed by atoms with Gasteiger partial charge < -0.3 is 24.8 Å². The van der Waals surface area contributed by atoms with E-state index in [9.17, 15) is 4.79 Å². The second-order valence-electron chi connectivity index (χ2n) is 6.13. The number of hydrogen-bond donors (Lipinski definition) is 2. The molecule has 0 radical (unpaired) electrons. The van der Waals surface area contributed by atoms with Gasteiger partial charge in [0, 0.05) is 24.9 Å². The third-order valence-electron chi connectivity index (χ3n) is 4.23. The van der Waals surface area contributed by atoms with Crippen molar-refractivity contribution < 1.29 is 19.0 Å². The maximum Gasteiger partial charge on any atom is 0.276 e. The average molecular weight is 356 g/mol. The molecule has 1 saturated heterocycles. The number of nitrogens with one attached hydrogen (secondary N) is 2. The lowest BCUT2D eigenvalue weighted by atomic mass is 10.2. The van der Waals surface area contributed by atoms with Gasteiger partial charge in [0.15, 0.2) is 17.2 Å². The van der Waals surface area contributed by atoms with Crippen LogP contribution in [-0.2, 0) is 4.74 Å². The highest BCUT2D eigenvalue weighted by atomic mass is 16.6. The average Bonchev–Trinajstić information content (AvgIpc) is 3.20. The molecule has 136 valence electrons. The summed E-state index contributed by atoms with van der Waals surface area (Å²) in [6.07, 6.45) is 2.36. The summed E-state index contributed by atoms with van der Waals surface area (Å²) in [5.41, 5.74) is 0.851. The third kappa shape index (κ3) is 3.85. The summed E-state index contributed by atoms with van der Waals surface area (Å²) in [7, 11) is 0. The van der Waals surface area contributed by atoms with Crippen molar-refractivity contribution >= 4 is 17.4 Å². The number of carbonyl (C=O) groups excluding carboxylic acids is 1. The van der Waals surface area contributed by atoms with Crippen LogP contribution in [-0.4, -0.2) is 48.6 Å². The zero-order valence-electron chi connectivity index (χ0n) is 14.2. The van der Waals surface area contributed by atoms with Crippen molar-refractivity contribution in [2.75, 3.05) is 37.0 Å². The van der Waals surface area contributed by atoms with Crippen LogP contribution in [0.3, 0.4) is 0 Å². The summed E-state index contributed by atoms with van der Waals surface area (Å²) in [5.74, 6) is 1.58. The van der Waals surface area contributed by atoms with Crippen LogP contribution in [0.5, 0.6) is 11.5 Å². The van der Waals surface area contributed by atoms with Crippen LogP contribution in [0.4, 0.5) is 11.5 Å². The van der Waals surface area contributed by atoms with Crippen LogP contribution < -0.4 is 20.1 Å². The molecule has 1 atom stereocenters. The summed E-state index contributed by atoms with van der Waals surface area (Å²) in [6.45, 7) is 2.53. The van der Waals surface area contributed by atoms with Crippen molar-refractivity contribution in [1.29, 1.82) is 0 Å². The lowest BCUT2D eigenvalue weighted by Gasteiger charge is -2.18. The van der Waals surface area contributed by atoms with E-state index in [1.54, 1.807) is 30.3 Å². The van der Waals surface area contributed by atoms with E-state index in [0.29, 0.717) is 42.8 Å². The zero-order chi connectivity index (χ0) is 17.8. The number of amides is 1. The predicted molar refractivity (Wildman–Crippen MR) is 94.9 cm³/mol. The van der Waals surface area contributed by atoms with Gasteiger partial charge in [0.05, 0.1) is 6.10 Å². The number of anilines is 2. The fraction of sp³-hybridized carbons (Fsp3) is 0.389. The van der Waals surface area contributed by atoms with E-state index in [0.717, 1.165) is 19.4 Å². The smallest absolute Gasteiger partial charge is 0.276 e. The van der Waals surface area contributed by atoms with Gasteiger partial charge in [-0.15, -0.1) is 10.2 Å². The van der Waals surface area contributed by atoms with Crippen LogP contribution in [0.1, 0.15) is 23.3 Å². The quantitative estimate of drug-likeness (QED) is 0.847. The minimum Gasteiger partial charge on any atom is -0.486 e. The van der Waals surface area contributed by atoms with Crippen LogP contribution in [0, 0.1) is 0 Å². The Morgan fingerprint density at radius 3 is 2.73 bits per heavy atom. The summed E-state index contributed by atoms with van der Waals surface area (Å²) >= 11 is 0. The van der Waals surface area contributed by atoms with Gasteiger partial charge in [-0.3, -0.25) is 4.79 Å². The van der Waals surface area contributed by atoms with Crippen molar-refractivity contribution in [2.24, 2.45) is 0 Å². The monoisotopic (exact) mass is 356 g/mol. The SMILES string of the molecule is O=C(Nc1ccc2c(c1)OCCO2)c1ccc(NCC2CCCO2)nn1. The number of rotatable bonds is 5. The van der Waals surface area contributed by atoms with E-state index < -0.39 is 0 Å². The molecule has 1 aromatic heterocycles. The molecule has 0 bridgehead atoms. The fourth-order valence-corrected chi connectivity index (χ4v) is 2.89. The van der Waals surface area contributed by atoms with Crippen molar-refractivity contribution in [3.63, 3.8) is 0 Å². The molecule has 8 heteroatoms. The van der Waals surface area contributed by atoms with E-state index in [2.05, 4.69) is 20.8 Å². The highest BCUT2D eigenvalue weighted by Crippen LogP contribution is 2.32. The minimum atomic E-state index is -0.333. The van der Waals surface area contributed by atoms with Gasteiger partial charge in [-0.2, -0.15) is 0 Å². The summed E-state index contributed by atoms with van der Waals surface area (Å²) in [6, 6.07) is 8.64. The van der Waals surface area contributed by atoms with Crippen molar-refractivity contribution in [3.05, 3.63) is 36.0 Å². The first kappa shape index (κ1) is 16.6. The molecule has 0 spiro atoms. The first-order valence-corrected chi connectivity index (χ1v) is 8.68. The summed E-state index contributed by atoms with van der Waals surface area (Å²) in [5, 5.41) is 14.0. The highest BCUT2D eigenvalue weighted by molar-refractivity contribution is 6.02. The van der Waals surface area contributed by atoms with E-state index in [1.165, 1.54) is 0 Å². The van der Waals surface area contributed by atoms with Gasteiger partial charge >= 0.3 is 0 Å². The molecule has 0 aliphatic carbocycles. The predicted octanol–water partition coefficient (Wildman–Crippen LogP) is 2.09. The molecule has 2 N–H and O–H groups in total. The van der Waals surface area contributed by atoms with Crippen LogP contribution in [0.15, 0.2) is 30.3 Å². The molecule has 1 aromatic carbocycles. The third-order valence-corrected chi connectivity index (χ3v) is 4.23. The number of aromatic nitrogens is 2. The molecule has 2 aliphatic rings. The van der Waals surface area contributed by atoms with Crippen molar-refractivity contribution in [2.45, 2.75) is 18.9 Å². The van der Waals surface area contributed by atoms with E-state index in [-0.39, 0.29) is 17.7 Å². The normalized spacial score (nSPS) is 18.4. The number of carbonyl (C=O) groups is 1. The van der Waals surface area contributed by atoms with Gasteiger partial charge in [0.25, 0.3) is 5.91 Å². The Morgan fingerprint density at radius 2 is 1.96 bits per heavy atom. The molecular formula is C18H20N4O4. The lowest BCUT2D eigenvalue weighted by Crippen LogP contribution is -2.20. The molecule has 2 aromatic rings. The number of fused-ring (bicyclic) bond motifs is 1. The summed E-state index contributed by atoms with van der Waals surface area (Å²) < 4.78 is 16.5. The maximum absolute atomic E-state index is 12.3. The highest BCUT2D eigenvalue weighted by Gasteiger charge is 2.16. The Balaban J connectivity index is 1.35. The Labute approximate surface area is 150 Å². The molecule has 26 heavy (non-hydrogen) atoms. The molecule has 1 unspecified atom stereocenters. The van der Waals surface area contributed by atoms with Gasteiger partial charge in [-0.1, -0.05) is 0 Å². The minimum absolute atomic E-state index is 0.218. The van der Waals surface area contributed by atoms with Gasteiger partial charge in [0.2, 0.25) is 0 Å². The van der Waals surface area contributed by atoms with E-state index in [1.807, 2.05) is 0 Å². The van der Waals surface area contributed by atoms with Gasteiger partial charge in [-0.05, 0) is 37.1 Å². The van der Waals surface area contributed by atoms with E-state index >= 15 is 0 Å². The molecular weight excluding hydrogens is 336 g/mol. The van der Waals surface area contributed by atoms with Crippen LogP contribution >= 0.6 is 0 Å². The van der Waals surface area contributed by atoms with Crippen molar-refractivity contribution in [1.82, 2.24) is 10.2 Å². The van der Waals surface area contributed by atoms with Crippen molar-refractivity contribution in [3.8, 4) is 11.5 Å². The molecule has 4 rings (SSSR count). The number of nitrogens with zero attached hydrogens (tertiary/aromatic N) is 2. The van der Waals surface area contributed by atoms with Crippen LogP contribution in [0.2, 0.25) is 0 Å². The standard InChI is InChI=1S/C18H20N4O4/c23-18(20-12-3-5-15-16(10-12)26-9-8-25-15)14-4-6-17(22-21-14)19-11-13-2-1-7-24-13/h3-6,10,13H,1-2,7-9,11H2,(H,19,22)(H,20,23). The molecule has 1 amide bonds. The lowest BCUT2D eigenvalue weighted by molar-refractivity contribution is 0.102. The molecule has 0 saturated carbocycles. The maximum atomic E-state index is 12.3. The summed E-state index contributed by atoms with van der Waals surface area (Å²) in [4.78, 5) is 12.3.